The summed E-state index contributed by atoms with van der Waals surface area (Å²) in [5.74, 6) is -1.51. The van der Waals surface area contributed by atoms with E-state index in [-0.39, 0.29) is 23.0 Å². The maximum Gasteiger partial charge on any atom is 0.236 e. The fourth-order valence-corrected chi connectivity index (χ4v) is 2.25. The molecular formula is C14H15F2N3O2S. The van der Waals surface area contributed by atoms with Gasteiger partial charge in [0.25, 0.3) is 0 Å². The zero-order chi connectivity index (χ0) is 15.9. The van der Waals surface area contributed by atoms with Gasteiger partial charge >= 0.3 is 0 Å². The van der Waals surface area contributed by atoms with Crippen molar-refractivity contribution >= 4 is 29.1 Å². The molecule has 0 aliphatic carbocycles. The predicted octanol–water partition coefficient (Wildman–Crippen LogP) is 2.70. The molecule has 1 aromatic carbocycles. The lowest BCUT2D eigenvalue weighted by Crippen LogP contribution is -2.19. The Morgan fingerprint density at radius 1 is 1.45 bits per heavy atom. The van der Waals surface area contributed by atoms with Crippen molar-refractivity contribution in [1.82, 2.24) is 5.32 Å². The molecule has 0 atom stereocenters. The number of amidine groups is 1. The number of nitrogens with one attached hydrogen (secondary N) is 1. The monoisotopic (exact) mass is 327 g/mol. The molecule has 8 heteroatoms. The Labute approximate surface area is 130 Å². The second kappa shape index (κ2) is 7.88. The molecule has 1 aliphatic rings. The van der Waals surface area contributed by atoms with Gasteiger partial charge in [-0.15, -0.1) is 5.10 Å². The van der Waals surface area contributed by atoms with E-state index >= 15 is 0 Å². The lowest BCUT2D eigenvalue weighted by Gasteiger charge is -2.08. The minimum absolute atomic E-state index is 0.0208. The predicted molar refractivity (Wildman–Crippen MR) is 82.4 cm³/mol. The van der Waals surface area contributed by atoms with E-state index in [1.54, 1.807) is 0 Å². The van der Waals surface area contributed by atoms with Gasteiger partial charge in [-0.05, 0) is 18.6 Å². The topological polar surface area (TPSA) is 63.1 Å². The Morgan fingerprint density at radius 3 is 2.95 bits per heavy atom. The number of hydrogen-bond acceptors (Lipinski definition) is 5. The van der Waals surface area contributed by atoms with Gasteiger partial charge in [-0.1, -0.05) is 25.1 Å². The summed E-state index contributed by atoms with van der Waals surface area (Å²) in [5, 5.41) is 10.1. The molecule has 1 N–H and O–H groups in total. The standard InChI is InChI=1S/C14H15F2N3O2S/c1-2-3-6-21-11-5-4-10(15)9(13(11)16)7-17-19-14-18-12(20)8-22-14/h4-5,7H,2-3,6,8H2,1H3,(H,18,19,20). The van der Waals surface area contributed by atoms with Crippen LogP contribution in [0.25, 0.3) is 0 Å². The SMILES string of the molecule is CCCCOc1ccc(F)c(C=NN=C2NC(=O)CS2)c1F. The van der Waals surface area contributed by atoms with Crippen LogP contribution in [-0.2, 0) is 4.79 Å². The van der Waals surface area contributed by atoms with Crippen LogP contribution in [-0.4, -0.2) is 29.6 Å². The number of benzene rings is 1. The molecule has 118 valence electrons. The Balaban J connectivity index is 2.12. The molecule has 1 heterocycles. The van der Waals surface area contributed by atoms with Crippen molar-refractivity contribution in [1.29, 1.82) is 0 Å². The van der Waals surface area contributed by atoms with Gasteiger partial charge in [-0.3, -0.25) is 4.79 Å². The Kier molecular flexibility index (Phi) is 5.88. The summed E-state index contributed by atoms with van der Waals surface area (Å²) in [6.07, 6.45) is 2.66. The van der Waals surface area contributed by atoms with Gasteiger partial charge in [0.15, 0.2) is 16.7 Å². The number of halogens is 2. The molecule has 0 aromatic heterocycles. The van der Waals surface area contributed by atoms with Gasteiger partial charge in [0.2, 0.25) is 5.91 Å². The van der Waals surface area contributed by atoms with Crippen LogP contribution < -0.4 is 10.1 Å². The fourth-order valence-electron chi connectivity index (χ4n) is 1.62. The van der Waals surface area contributed by atoms with Crippen molar-refractivity contribution in [3.63, 3.8) is 0 Å². The van der Waals surface area contributed by atoms with Gasteiger partial charge < -0.3 is 10.1 Å². The summed E-state index contributed by atoms with van der Waals surface area (Å²) in [7, 11) is 0. The summed E-state index contributed by atoms with van der Waals surface area (Å²) in [5.41, 5.74) is -0.326. The molecule has 0 radical (unpaired) electrons. The first kappa shape index (κ1) is 16.4. The molecule has 5 nitrogen and oxygen atoms in total. The number of carbonyl (C=O) groups is 1. The van der Waals surface area contributed by atoms with E-state index in [1.807, 2.05) is 6.92 Å². The Morgan fingerprint density at radius 2 is 2.27 bits per heavy atom. The van der Waals surface area contributed by atoms with Crippen LogP contribution in [0.3, 0.4) is 0 Å². The lowest BCUT2D eigenvalue weighted by molar-refractivity contribution is -0.116. The summed E-state index contributed by atoms with van der Waals surface area (Å²) in [6.45, 7) is 2.35. The molecule has 1 fully saturated rings. The number of rotatable bonds is 6. The Hall–Kier alpha value is -1.96. The van der Waals surface area contributed by atoms with E-state index in [2.05, 4.69) is 15.5 Å². The number of hydrogen-bond donors (Lipinski definition) is 1. The van der Waals surface area contributed by atoms with Crippen LogP contribution in [0.2, 0.25) is 0 Å². The quantitative estimate of drug-likeness (QED) is 0.496. The second-order valence-corrected chi connectivity index (χ2v) is 5.43. The summed E-state index contributed by atoms with van der Waals surface area (Å²) in [4.78, 5) is 11.0. The molecule has 1 amide bonds. The van der Waals surface area contributed by atoms with E-state index in [0.717, 1.165) is 25.1 Å². The molecular weight excluding hydrogens is 312 g/mol. The fraction of sp³-hybridized carbons (Fsp3) is 0.357. The van der Waals surface area contributed by atoms with Crippen molar-refractivity contribution < 1.29 is 18.3 Å². The largest absolute Gasteiger partial charge is 0.490 e. The number of carbonyl (C=O) groups excluding carboxylic acids is 1. The number of thioether (sulfide) groups is 1. The first-order valence-electron chi connectivity index (χ1n) is 6.76. The molecule has 0 saturated carbocycles. The maximum atomic E-state index is 14.1. The normalized spacial score (nSPS) is 16.5. The van der Waals surface area contributed by atoms with E-state index in [0.29, 0.717) is 11.8 Å². The van der Waals surface area contributed by atoms with Crippen molar-refractivity contribution in [2.45, 2.75) is 19.8 Å². The highest BCUT2D eigenvalue weighted by Crippen LogP contribution is 2.22. The van der Waals surface area contributed by atoms with Gasteiger partial charge in [0.1, 0.15) is 5.82 Å². The summed E-state index contributed by atoms with van der Waals surface area (Å²) in [6, 6.07) is 2.36. The molecule has 0 spiro atoms. The molecule has 0 bridgehead atoms. The van der Waals surface area contributed by atoms with Crippen molar-refractivity contribution in [2.75, 3.05) is 12.4 Å². The number of amides is 1. The average molecular weight is 327 g/mol. The highest BCUT2D eigenvalue weighted by molar-refractivity contribution is 8.15. The zero-order valence-corrected chi connectivity index (χ0v) is 12.8. The van der Waals surface area contributed by atoms with Crippen LogP contribution in [0.4, 0.5) is 8.78 Å². The highest BCUT2D eigenvalue weighted by atomic mass is 32.2. The summed E-state index contributed by atoms with van der Waals surface area (Å²) < 4.78 is 33.1. The Bertz CT molecular complexity index is 620. The van der Waals surface area contributed by atoms with Crippen molar-refractivity contribution in [3.8, 4) is 5.75 Å². The molecule has 0 unspecified atom stereocenters. The number of unbranched alkanes of at least 4 members (excludes halogenated alkanes) is 1. The zero-order valence-electron chi connectivity index (χ0n) is 11.9. The molecule has 1 aromatic rings. The first-order valence-corrected chi connectivity index (χ1v) is 7.75. The van der Waals surface area contributed by atoms with E-state index in [4.69, 9.17) is 4.74 Å². The van der Waals surface area contributed by atoms with Crippen LogP contribution >= 0.6 is 11.8 Å². The first-order chi connectivity index (χ1) is 10.6. The summed E-state index contributed by atoms with van der Waals surface area (Å²) >= 11 is 1.17. The van der Waals surface area contributed by atoms with Crippen LogP contribution in [0, 0.1) is 11.6 Å². The minimum atomic E-state index is -0.817. The average Bonchev–Trinajstić information content (AvgIpc) is 2.90. The van der Waals surface area contributed by atoms with Crippen molar-refractivity contribution in [2.24, 2.45) is 10.2 Å². The third-order valence-corrected chi connectivity index (χ3v) is 3.63. The second-order valence-electron chi connectivity index (χ2n) is 4.46. The minimum Gasteiger partial charge on any atom is -0.490 e. The van der Waals surface area contributed by atoms with Crippen LogP contribution in [0.1, 0.15) is 25.3 Å². The van der Waals surface area contributed by atoms with E-state index in [1.165, 1.54) is 17.8 Å². The molecule has 22 heavy (non-hydrogen) atoms. The smallest absolute Gasteiger partial charge is 0.236 e. The third-order valence-electron chi connectivity index (χ3n) is 2.77. The molecule has 2 rings (SSSR count). The van der Waals surface area contributed by atoms with Crippen LogP contribution in [0.15, 0.2) is 22.3 Å². The van der Waals surface area contributed by atoms with E-state index < -0.39 is 11.6 Å². The van der Waals surface area contributed by atoms with Crippen molar-refractivity contribution in [3.05, 3.63) is 29.3 Å². The number of nitrogens with zero attached hydrogens (tertiary/aromatic N) is 2. The highest BCUT2D eigenvalue weighted by Gasteiger charge is 2.16. The molecule has 1 aliphatic heterocycles. The van der Waals surface area contributed by atoms with E-state index in [9.17, 15) is 13.6 Å². The lowest BCUT2D eigenvalue weighted by atomic mass is 10.2. The van der Waals surface area contributed by atoms with Gasteiger partial charge in [-0.2, -0.15) is 5.10 Å². The molecule has 1 saturated heterocycles. The van der Waals surface area contributed by atoms with Crippen LogP contribution in [0.5, 0.6) is 5.75 Å². The van der Waals surface area contributed by atoms with Gasteiger partial charge in [0.05, 0.1) is 24.1 Å². The van der Waals surface area contributed by atoms with Gasteiger partial charge in [-0.25, -0.2) is 8.78 Å². The van der Waals surface area contributed by atoms with Gasteiger partial charge in [0, 0.05) is 0 Å². The maximum absolute atomic E-state index is 14.1. The third kappa shape index (κ3) is 4.27. The number of ether oxygens (including phenoxy) is 1.